The van der Waals surface area contributed by atoms with Gasteiger partial charge in [0.15, 0.2) is 0 Å². The Balaban J connectivity index is 1.72. The van der Waals surface area contributed by atoms with Gasteiger partial charge in [-0.05, 0) is 55.5 Å². The molecule has 0 unspecified atom stereocenters. The molecule has 0 N–H and O–H groups in total. The van der Waals surface area contributed by atoms with Crippen LogP contribution in [-0.2, 0) is 6.42 Å². The Morgan fingerprint density at radius 1 is 1.15 bits per heavy atom. The van der Waals surface area contributed by atoms with E-state index in [0.717, 1.165) is 31.8 Å². The third-order valence-electron chi connectivity index (χ3n) is 5.99. The lowest BCUT2D eigenvalue weighted by molar-refractivity contribution is 0.0905. The Kier molecular flexibility index (Phi) is 4.86. The largest absolute Gasteiger partial charge is 0.497 e. The van der Waals surface area contributed by atoms with Crippen LogP contribution in [0, 0.1) is 5.92 Å². The second kappa shape index (κ2) is 7.28. The van der Waals surface area contributed by atoms with Gasteiger partial charge >= 0.3 is 0 Å². The zero-order chi connectivity index (χ0) is 18.1. The van der Waals surface area contributed by atoms with Crippen molar-refractivity contribution in [2.45, 2.75) is 38.1 Å². The average Bonchev–Trinajstić information content (AvgIpc) is 2.66. The first kappa shape index (κ1) is 17.3. The fraction of sp³-hybridized carbons (Fsp3) is 0.500. The molecular formula is C22H28N2O2. The van der Waals surface area contributed by atoms with Gasteiger partial charge in [-0.25, -0.2) is 0 Å². The molecule has 2 bridgehead atoms. The van der Waals surface area contributed by atoms with E-state index >= 15 is 0 Å². The minimum absolute atomic E-state index is 0.147. The van der Waals surface area contributed by atoms with Crippen LogP contribution in [0.4, 0.5) is 0 Å². The molecule has 3 heterocycles. The summed E-state index contributed by atoms with van der Waals surface area (Å²) in [4.78, 5) is 15.3. The summed E-state index contributed by atoms with van der Waals surface area (Å²) < 4.78 is 7.49. The van der Waals surface area contributed by atoms with Gasteiger partial charge in [-0.3, -0.25) is 4.79 Å². The molecule has 138 valence electrons. The van der Waals surface area contributed by atoms with Gasteiger partial charge in [-0.1, -0.05) is 25.1 Å². The summed E-state index contributed by atoms with van der Waals surface area (Å²) in [6, 6.07) is 14.3. The van der Waals surface area contributed by atoms with Gasteiger partial charge in [-0.2, -0.15) is 0 Å². The molecule has 4 rings (SSSR count). The molecule has 4 nitrogen and oxygen atoms in total. The first-order chi connectivity index (χ1) is 12.7. The number of aromatic nitrogens is 1. The monoisotopic (exact) mass is 352 g/mol. The summed E-state index contributed by atoms with van der Waals surface area (Å²) in [6.45, 7) is 5.58. The van der Waals surface area contributed by atoms with E-state index in [9.17, 15) is 4.79 Å². The summed E-state index contributed by atoms with van der Waals surface area (Å²) in [7, 11) is 1.70. The lowest BCUT2D eigenvalue weighted by atomic mass is 9.76. The number of piperidine rings is 1. The number of methoxy groups -OCH3 is 1. The van der Waals surface area contributed by atoms with E-state index in [1.165, 1.54) is 24.1 Å². The van der Waals surface area contributed by atoms with E-state index in [1.807, 2.05) is 18.2 Å². The molecular weight excluding hydrogens is 324 g/mol. The van der Waals surface area contributed by atoms with Crippen molar-refractivity contribution in [2.75, 3.05) is 26.7 Å². The van der Waals surface area contributed by atoms with Crippen molar-refractivity contribution in [3.8, 4) is 5.75 Å². The van der Waals surface area contributed by atoms with Gasteiger partial charge in [0, 0.05) is 36.8 Å². The van der Waals surface area contributed by atoms with Crippen molar-refractivity contribution in [2.24, 2.45) is 5.92 Å². The number of pyridine rings is 1. The first-order valence-electron chi connectivity index (χ1n) is 9.76. The molecule has 2 aromatic rings. The van der Waals surface area contributed by atoms with Crippen LogP contribution in [0.2, 0.25) is 0 Å². The SMILES string of the molecule is CCCN1C[C@H]2C[C@@H](C1)[C@H](Cc1cccc(OC)c1)n1c2cccc1=O. The second-order valence-electron chi connectivity index (χ2n) is 7.73. The van der Waals surface area contributed by atoms with Crippen LogP contribution in [-0.4, -0.2) is 36.2 Å². The van der Waals surface area contributed by atoms with Crippen molar-refractivity contribution in [3.63, 3.8) is 0 Å². The number of hydrogen-bond acceptors (Lipinski definition) is 3. The van der Waals surface area contributed by atoms with Crippen LogP contribution < -0.4 is 10.3 Å². The molecule has 1 fully saturated rings. The van der Waals surface area contributed by atoms with Crippen molar-refractivity contribution in [1.82, 2.24) is 9.47 Å². The molecule has 3 atom stereocenters. The number of ether oxygens (including phenoxy) is 1. The highest BCUT2D eigenvalue weighted by Crippen LogP contribution is 2.42. The van der Waals surface area contributed by atoms with E-state index < -0.39 is 0 Å². The number of rotatable bonds is 5. The van der Waals surface area contributed by atoms with E-state index in [-0.39, 0.29) is 11.6 Å². The normalized spacial score (nSPS) is 24.9. The fourth-order valence-corrected chi connectivity index (χ4v) is 4.94. The van der Waals surface area contributed by atoms with Crippen molar-refractivity contribution in [1.29, 1.82) is 0 Å². The molecule has 2 aliphatic rings. The molecule has 2 aliphatic heterocycles. The quantitative estimate of drug-likeness (QED) is 0.826. The molecule has 1 saturated heterocycles. The number of likely N-dealkylation sites (tertiary alicyclic amines) is 1. The van der Waals surface area contributed by atoms with Crippen molar-refractivity contribution >= 4 is 0 Å². The van der Waals surface area contributed by atoms with Gasteiger partial charge < -0.3 is 14.2 Å². The average molecular weight is 352 g/mol. The maximum atomic E-state index is 12.8. The zero-order valence-corrected chi connectivity index (χ0v) is 15.7. The van der Waals surface area contributed by atoms with Crippen LogP contribution >= 0.6 is 0 Å². The van der Waals surface area contributed by atoms with Gasteiger partial charge in [-0.15, -0.1) is 0 Å². The summed E-state index contributed by atoms with van der Waals surface area (Å²) in [5, 5.41) is 0. The van der Waals surface area contributed by atoms with E-state index in [4.69, 9.17) is 4.74 Å². The fourth-order valence-electron chi connectivity index (χ4n) is 4.94. The summed E-state index contributed by atoms with van der Waals surface area (Å²) in [5.41, 5.74) is 2.61. The lowest BCUT2D eigenvalue weighted by Crippen LogP contribution is -2.50. The van der Waals surface area contributed by atoms with E-state index in [2.05, 4.69) is 34.6 Å². The van der Waals surface area contributed by atoms with Crippen LogP contribution in [0.3, 0.4) is 0 Å². The maximum Gasteiger partial charge on any atom is 0.251 e. The van der Waals surface area contributed by atoms with Crippen LogP contribution in [0.1, 0.15) is 43.0 Å². The van der Waals surface area contributed by atoms with E-state index in [1.54, 1.807) is 13.2 Å². The van der Waals surface area contributed by atoms with E-state index in [0.29, 0.717) is 11.8 Å². The van der Waals surface area contributed by atoms with Crippen LogP contribution in [0.25, 0.3) is 0 Å². The Morgan fingerprint density at radius 3 is 2.81 bits per heavy atom. The highest BCUT2D eigenvalue weighted by atomic mass is 16.5. The predicted molar refractivity (Wildman–Crippen MR) is 104 cm³/mol. The molecule has 1 aromatic heterocycles. The van der Waals surface area contributed by atoms with Crippen LogP contribution in [0.5, 0.6) is 5.75 Å². The molecule has 26 heavy (non-hydrogen) atoms. The summed E-state index contributed by atoms with van der Waals surface area (Å²) in [5.74, 6) is 1.89. The highest BCUT2D eigenvalue weighted by Gasteiger charge is 2.40. The van der Waals surface area contributed by atoms with Crippen molar-refractivity contribution < 1.29 is 4.74 Å². The summed E-state index contributed by atoms with van der Waals surface area (Å²) >= 11 is 0. The Hall–Kier alpha value is -2.07. The minimum Gasteiger partial charge on any atom is -0.497 e. The minimum atomic E-state index is 0.147. The highest BCUT2D eigenvalue weighted by molar-refractivity contribution is 5.30. The number of benzene rings is 1. The van der Waals surface area contributed by atoms with Gasteiger partial charge in [0.05, 0.1) is 7.11 Å². The Morgan fingerprint density at radius 2 is 2.00 bits per heavy atom. The number of fused-ring (bicyclic) bond motifs is 4. The second-order valence-corrected chi connectivity index (χ2v) is 7.73. The maximum absolute atomic E-state index is 12.8. The number of nitrogens with zero attached hydrogens (tertiary/aromatic N) is 2. The molecule has 1 aromatic carbocycles. The molecule has 0 aliphatic carbocycles. The third-order valence-corrected chi connectivity index (χ3v) is 5.99. The molecule has 0 saturated carbocycles. The summed E-state index contributed by atoms with van der Waals surface area (Å²) in [6.07, 6.45) is 3.26. The molecule has 0 amide bonds. The predicted octanol–water partition coefficient (Wildman–Crippen LogP) is 3.47. The standard InChI is InChI=1S/C22H28N2O2/c1-3-10-23-14-17-13-18(15-23)21(24-20(17)8-5-9-22(24)25)12-16-6-4-7-19(11-16)26-2/h4-9,11,17-18,21H,3,10,12-15H2,1-2H3/t17-,18+,21+/m1/s1. The first-order valence-corrected chi connectivity index (χ1v) is 9.76. The molecule has 4 heteroatoms. The Labute approximate surface area is 155 Å². The molecule has 0 radical (unpaired) electrons. The van der Waals surface area contributed by atoms with Crippen LogP contribution in [0.15, 0.2) is 47.3 Å². The topological polar surface area (TPSA) is 34.5 Å². The van der Waals surface area contributed by atoms with Gasteiger partial charge in [0.1, 0.15) is 5.75 Å². The van der Waals surface area contributed by atoms with Gasteiger partial charge in [0.25, 0.3) is 5.56 Å². The number of hydrogen-bond donors (Lipinski definition) is 0. The Bertz CT molecular complexity index is 829. The third kappa shape index (κ3) is 3.18. The smallest absolute Gasteiger partial charge is 0.251 e. The zero-order valence-electron chi connectivity index (χ0n) is 15.7. The van der Waals surface area contributed by atoms with Gasteiger partial charge in [0.2, 0.25) is 0 Å². The van der Waals surface area contributed by atoms with Crippen molar-refractivity contribution in [3.05, 3.63) is 64.1 Å². The lowest BCUT2D eigenvalue weighted by Gasteiger charge is -2.47. The molecule has 0 spiro atoms.